The molecule has 3 aromatic rings. The SMILES string of the molecule is Cc1noc(C)c1COc1ccc(C(=O)NCc2ccc(S(N)(=O)=O)cc2)cc1. The van der Waals surface area contributed by atoms with Crippen molar-refractivity contribution < 1.29 is 22.5 Å². The second-order valence-corrected chi connectivity index (χ2v) is 8.05. The first kappa shape index (κ1) is 20.6. The molecule has 0 fully saturated rings. The first-order chi connectivity index (χ1) is 13.7. The molecule has 0 spiro atoms. The van der Waals surface area contributed by atoms with Gasteiger partial charge in [0, 0.05) is 12.1 Å². The number of rotatable bonds is 7. The minimum absolute atomic E-state index is 0.0276. The number of ether oxygens (including phenoxy) is 1. The average molecular weight is 415 g/mol. The smallest absolute Gasteiger partial charge is 0.251 e. The van der Waals surface area contributed by atoms with E-state index in [1.807, 2.05) is 13.8 Å². The first-order valence-corrected chi connectivity index (χ1v) is 10.3. The number of sulfonamides is 1. The van der Waals surface area contributed by atoms with Crippen molar-refractivity contribution in [1.82, 2.24) is 10.5 Å². The van der Waals surface area contributed by atoms with Crippen molar-refractivity contribution in [3.63, 3.8) is 0 Å². The van der Waals surface area contributed by atoms with Crippen LogP contribution in [-0.2, 0) is 23.2 Å². The largest absolute Gasteiger partial charge is 0.489 e. The summed E-state index contributed by atoms with van der Waals surface area (Å²) in [6.07, 6.45) is 0. The zero-order chi connectivity index (χ0) is 21.0. The van der Waals surface area contributed by atoms with Gasteiger partial charge in [0.25, 0.3) is 5.91 Å². The summed E-state index contributed by atoms with van der Waals surface area (Å²) in [5, 5.41) is 11.7. The van der Waals surface area contributed by atoms with E-state index in [9.17, 15) is 13.2 Å². The van der Waals surface area contributed by atoms with Crippen molar-refractivity contribution >= 4 is 15.9 Å². The van der Waals surface area contributed by atoms with Crippen LogP contribution in [0.2, 0.25) is 0 Å². The number of benzene rings is 2. The van der Waals surface area contributed by atoms with Gasteiger partial charge < -0.3 is 14.6 Å². The molecule has 0 bridgehead atoms. The fraction of sp³-hybridized carbons (Fsp3) is 0.200. The van der Waals surface area contributed by atoms with E-state index >= 15 is 0 Å². The number of hydrogen-bond donors (Lipinski definition) is 2. The molecule has 2 aromatic carbocycles. The Labute approximate surface area is 168 Å². The maximum Gasteiger partial charge on any atom is 0.251 e. The lowest BCUT2D eigenvalue weighted by molar-refractivity contribution is 0.0951. The molecule has 0 aliphatic heterocycles. The fourth-order valence-corrected chi connectivity index (χ4v) is 3.16. The highest BCUT2D eigenvalue weighted by Gasteiger charge is 2.11. The molecule has 0 radical (unpaired) electrons. The molecule has 3 rings (SSSR count). The van der Waals surface area contributed by atoms with Crippen LogP contribution in [0.15, 0.2) is 57.9 Å². The lowest BCUT2D eigenvalue weighted by atomic mass is 10.2. The minimum atomic E-state index is -3.73. The predicted molar refractivity (Wildman–Crippen MR) is 106 cm³/mol. The minimum Gasteiger partial charge on any atom is -0.489 e. The lowest BCUT2D eigenvalue weighted by Gasteiger charge is -2.08. The summed E-state index contributed by atoms with van der Waals surface area (Å²) in [5.41, 5.74) is 2.93. The van der Waals surface area contributed by atoms with Crippen LogP contribution in [0.1, 0.15) is 32.9 Å². The zero-order valence-corrected chi connectivity index (χ0v) is 16.8. The Hall–Kier alpha value is -3.17. The van der Waals surface area contributed by atoms with Crippen molar-refractivity contribution in [1.29, 1.82) is 0 Å². The third-order valence-electron chi connectivity index (χ3n) is 4.39. The zero-order valence-electron chi connectivity index (χ0n) is 16.0. The van der Waals surface area contributed by atoms with Crippen molar-refractivity contribution in [2.45, 2.75) is 31.9 Å². The summed E-state index contributed by atoms with van der Waals surface area (Å²) in [7, 11) is -3.73. The lowest BCUT2D eigenvalue weighted by Crippen LogP contribution is -2.22. The van der Waals surface area contributed by atoms with Crippen molar-refractivity contribution in [3.05, 3.63) is 76.7 Å². The van der Waals surface area contributed by atoms with E-state index in [0.29, 0.717) is 17.9 Å². The van der Waals surface area contributed by atoms with Crippen LogP contribution in [0.4, 0.5) is 0 Å². The number of hydrogen-bond acceptors (Lipinski definition) is 6. The molecule has 8 nitrogen and oxygen atoms in total. The molecule has 9 heteroatoms. The third-order valence-corrected chi connectivity index (χ3v) is 5.32. The molecule has 0 aliphatic rings. The predicted octanol–water partition coefficient (Wildman–Crippen LogP) is 2.45. The normalized spacial score (nSPS) is 11.3. The molecule has 0 unspecified atom stereocenters. The summed E-state index contributed by atoms with van der Waals surface area (Å²) >= 11 is 0. The van der Waals surface area contributed by atoms with Crippen LogP contribution < -0.4 is 15.2 Å². The molecular weight excluding hydrogens is 394 g/mol. The second kappa shape index (κ2) is 8.46. The Bertz CT molecular complexity index is 1080. The number of nitrogens with zero attached hydrogens (tertiary/aromatic N) is 1. The molecule has 0 saturated heterocycles. The van der Waals surface area contributed by atoms with Crippen LogP contribution in [0.3, 0.4) is 0 Å². The molecule has 29 heavy (non-hydrogen) atoms. The van der Waals surface area contributed by atoms with E-state index in [4.69, 9.17) is 14.4 Å². The van der Waals surface area contributed by atoms with Gasteiger partial charge in [0.2, 0.25) is 10.0 Å². The molecule has 0 atom stereocenters. The highest BCUT2D eigenvalue weighted by atomic mass is 32.2. The number of nitrogens with two attached hydrogens (primary N) is 1. The van der Waals surface area contributed by atoms with Crippen LogP contribution in [-0.4, -0.2) is 19.5 Å². The second-order valence-electron chi connectivity index (χ2n) is 6.49. The molecule has 3 N–H and O–H groups in total. The molecule has 1 heterocycles. The van der Waals surface area contributed by atoms with Gasteiger partial charge in [0.05, 0.1) is 16.2 Å². The Balaban J connectivity index is 1.55. The van der Waals surface area contributed by atoms with Crippen molar-refractivity contribution in [2.24, 2.45) is 5.14 Å². The van der Waals surface area contributed by atoms with Gasteiger partial charge in [-0.15, -0.1) is 0 Å². The van der Waals surface area contributed by atoms with Gasteiger partial charge in [-0.25, -0.2) is 13.6 Å². The average Bonchev–Trinajstić information content (AvgIpc) is 3.02. The summed E-state index contributed by atoms with van der Waals surface area (Å²) in [6.45, 7) is 4.27. The van der Waals surface area contributed by atoms with Crippen LogP contribution in [0, 0.1) is 13.8 Å². The van der Waals surface area contributed by atoms with Gasteiger partial charge in [0.1, 0.15) is 18.1 Å². The van der Waals surface area contributed by atoms with E-state index in [0.717, 1.165) is 22.6 Å². The maximum absolute atomic E-state index is 12.3. The summed E-state index contributed by atoms with van der Waals surface area (Å²) < 4.78 is 33.3. The fourth-order valence-electron chi connectivity index (χ4n) is 2.65. The number of carbonyl (C=O) groups is 1. The van der Waals surface area contributed by atoms with Gasteiger partial charge >= 0.3 is 0 Å². The van der Waals surface area contributed by atoms with Gasteiger partial charge in [0.15, 0.2) is 0 Å². The molecule has 1 aromatic heterocycles. The summed E-state index contributed by atoms with van der Waals surface area (Å²) in [5.74, 6) is 1.09. The summed E-state index contributed by atoms with van der Waals surface area (Å²) in [4.78, 5) is 12.3. The molecular formula is C20H21N3O5S. The highest BCUT2D eigenvalue weighted by Crippen LogP contribution is 2.18. The Kier molecular flexibility index (Phi) is 6.00. The van der Waals surface area contributed by atoms with E-state index in [1.165, 1.54) is 12.1 Å². The number of aryl methyl sites for hydroxylation is 2. The van der Waals surface area contributed by atoms with Gasteiger partial charge in [-0.3, -0.25) is 4.79 Å². The van der Waals surface area contributed by atoms with E-state index in [2.05, 4.69) is 10.5 Å². The Morgan fingerprint density at radius 2 is 1.76 bits per heavy atom. The Morgan fingerprint density at radius 3 is 2.31 bits per heavy atom. The molecule has 0 aliphatic carbocycles. The van der Waals surface area contributed by atoms with Crippen LogP contribution >= 0.6 is 0 Å². The van der Waals surface area contributed by atoms with Crippen LogP contribution in [0.5, 0.6) is 5.75 Å². The standard InChI is InChI=1S/C20H21N3O5S/c1-13-19(14(2)28-23-13)12-27-17-7-5-16(6-8-17)20(24)22-11-15-3-9-18(10-4-15)29(21,25)26/h3-10H,11-12H2,1-2H3,(H,22,24)(H2,21,25,26). The monoisotopic (exact) mass is 415 g/mol. The van der Waals surface area contributed by atoms with Crippen molar-refractivity contribution in [2.75, 3.05) is 0 Å². The molecule has 1 amide bonds. The van der Waals surface area contributed by atoms with Gasteiger partial charge in [-0.2, -0.15) is 0 Å². The van der Waals surface area contributed by atoms with E-state index in [-0.39, 0.29) is 17.3 Å². The van der Waals surface area contributed by atoms with Crippen LogP contribution in [0.25, 0.3) is 0 Å². The number of nitrogens with one attached hydrogen (secondary N) is 1. The van der Waals surface area contributed by atoms with Gasteiger partial charge in [-0.1, -0.05) is 17.3 Å². The van der Waals surface area contributed by atoms with E-state index < -0.39 is 10.0 Å². The molecule has 0 saturated carbocycles. The third kappa shape index (κ3) is 5.21. The number of primary sulfonamides is 1. The summed E-state index contributed by atoms with van der Waals surface area (Å²) in [6, 6.07) is 12.8. The highest BCUT2D eigenvalue weighted by molar-refractivity contribution is 7.89. The van der Waals surface area contributed by atoms with Gasteiger partial charge in [-0.05, 0) is 55.8 Å². The van der Waals surface area contributed by atoms with Crippen molar-refractivity contribution in [3.8, 4) is 5.75 Å². The number of amides is 1. The number of aromatic nitrogens is 1. The first-order valence-electron chi connectivity index (χ1n) is 8.78. The molecule has 152 valence electrons. The topological polar surface area (TPSA) is 125 Å². The Morgan fingerprint density at radius 1 is 1.10 bits per heavy atom. The maximum atomic E-state index is 12.3. The number of carbonyl (C=O) groups excluding carboxylic acids is 1. The van der Waals surface area contributed by atoms with E-state index in [1.54, 1.807) is 36.4 Å². The quantitative estimate of drug-likeness (QED) is 0.611.